The predicted octanol–water partition coefficient (Wildman–Crippen LogP) is 3.06. The molecule has 0 spiro atoms. The van der Waals surface area contributed by atoms with Crippen molar-refractivity contribution in [2.75, 3.05) is 13.1 Å². The van der Waals surface area contributed by atoms with Gasteiger partial charge in [0.2, 0.25) is 0 Å². The Morgan fingerprint density at radius 3 is 2.58 bits per heavy atom. The molecule has 2 unspecified atom stereocenters. The Labute approximate surface area is 115 Å². The Balaban J connectivity index is 1.64. The van der Waals surface area contributed by atoms with E-state index in [0.29, 0.717) is 11.8 Å². The molecule has 1 saturated carbocycles. The molecule has 0 aromatic heterocycles. The minimum absolute atomic E-state index is 0.252. The Hall–Kier alpha value is -1.15. The zero-order chi connectivity index (χ0) is 13.1. The number of Topliss-reactive ketones (excluding diaryl/α,β-unsaturated/α-hetero) is 1. The first kappa shape index (κ1) is 12.9. The average molecular weight is 257 g/mol. The Morgan fingerprint density at radius 2 is 1.84 bits per heavy atom. The first-order valence-corrected chi connectivity index (χ1v) is 7.63. The summed E-state index contributed by atoms with van der Waals surface area (Å²) in [6.07, 6.45) is 6.57. The fourth-order valence-corrected chi connectivity index (χ4v) is 3.62. The van der Waals surface area contributed by atoms with Gasteiger partial charge in [-0.15, -0.1) is 0 Å². The molecular formula is C17H23NO. The molecule has 2 atom stereocenters. The highest BCUT2D eigenvalue weighted by atomic mass is 16.1. The second kappa shape index (κ2) is 5.87. The number of hydrogen-bond donors (Lipinski definition) is 0. The first-order valence-electron chi connectivity index (χ1n) is 7.63. The first-order chi connectivity index (χ1) is 9.33. The van der Waals surface area contributed by atoms with Crippen LogP contribution in [0.2, 0.25) is 0 Å². The molecule has 2 aliphatic rings. The van der Waals surface area contributed by atoms with Crippen LogP contribution in [0.25, 0.3) is 0 Å². The number of rotatable bonds is 3. The highest BCUT2D eigenvalue weighted by molar-refractivity contribution is 5.82. The summed E-state index contributed by atoms with van der Waals surface area (Å²) in [6.45, 7) is 2.49. The van der Waals surface area contributed by atoms with Gasteiger partial charge in [0, 0.05) is 18.4 Å². The van der Waals surface area contributed by atoms with Crippen molar-refractivity contribution in [1.82, 2.24) is 4.90 Å². The topological polar surface area (TPSA) is 20.3 Å². The minimum atomic E-state index is 0.252. The summed E-state index contributed by atoms with van der Waals surface area (Å²) in [7, 11) is 0. The lowest BCUT2D eigenvalue weighted by Crippen LogP contribution is -2.40. The maximum Gasteiger partial charge on any atom is 0.136 e. The largest absolute Gasteiger partial charge is 0.300 e. The molecular weight excluding hydrogens is 234 g/mol. The summed E-state index contributed by atoms with van der Waals surface area (Å²) >= 11 is 0. The summed E-state index contributed by atoms with van der Waals surface area (Å²) in [4.78, 5) is 14.8. The zero-order valence-electron chi connectivity index (χ0n) is 11.6. The average Bonchev–Trinajstić information content (AvgIpc) is 2.96. The van der Waals surface area contributed by atoms with Gasteiger partial charge in [0.25, 0.3) is 0 Å². The van der Waals surface area contributed by atoms with Crippen molar-refractivity contribution < 1.29 is 4.79 Å². The van der Waals surface area contributed by atoms with E-state index in [1.54, 1.807) is 0 Å². The van der Waals surface area contributed by atoms with Crippen LogP contribution in [0.3, 0.4) is 0 Å². The highest BCUT2D eigenvalue weighted by Gasteiger charge is 2.32. The quantitative estimate of drug-likeness (QED) is 0.829. The number of likely N-dealkylation sites (tertiary alicyclic amines) is 1. The lowest BCUT2D eigenvalue weighted by atomic mass is 9.80. The molecule has 2 heteroatoms. The van der Waals surface area contributed by atoms with E-state index in [1.165, 1.54) is 31.5 Å². The van der Waals surface area contributed by atoms with Gasteiger partial charge in [-0.25, -0.2) is 0 Å². The maximum atomic E-state index is 12.1. The van der Waals surface area contributed by atoms with Crippen LogP contribution in [0.4, 0.5) is 0 Å². The van der Waals surface area contributed by atoms with Gasteiger partial charge in [-0.05, 0) is 50.8 Å². The molecule has 1 aromatic rings. The fourth-order valence-electron chi connectivity index (χ4n) is 3.62. The highest BCUT2D eigenvalue weighted by Crippen LogP contribution is 2.29. The van der Waals surface area contributed by atoms with E-state index in [2.05, 4.69) is 29.2 Å². The Kier molecular flexibility index (Phi) is 3.97. The zero-order valence-corrected chi connectivity index (χ0v) is 11.6. The molecule has 2 fully saturated rings. The van der Waals surface area contributed by atoms with Gasteiger partial charge < -0.3 is 4.90 Å². The van der Waals surface area contributed by atoms with Crippen LogP contribution in [0, 0.1) is 5.92 Å². The molecule has 1 aromatic carbocycles. The molecule has 1 aliphatic carbocycles. The molecule has 0 bridgehead atoms. The normalized spacial score (nSPS) is 28.7. The van der Waals surface area contributed by atoms with Crippen molar-refractivity contribution in [3.8, 4) is 0 Å². The van der Waals surface area contributed by atoms with E-state index in [-0.39, 0.29) is 5.92 Å². The van der Waals surface area contributed by atoms with Crippen LogP contribution < -0.4 is 0 Å². The summed E-state index contributed by atoms with van der Waals surface area (Å²) in [5, 5.41) is 0. The standard InChI is InChI=1S/C17H23NO/c19-17-9-8-16(18-10-4-5-11-18)13-15(17)12-14-6-2-1-3-7-14/h1-3,6-7,15-16H,4-5,8-13H2. The monoisotopic (exact) mass is 257 g/mol. The van der Waals surface area contributed by atoms with Gasteiger partial charge in [0.15, 0.2) is 0 Å². The lowest BCUT2D eigenvalue weighted by molar-refractivity contribution is -0.125. The van der Waals surface area contributed by atoms with Crippen molar-refractivity contribution in [3.63, 3.8) is 0 Å². The lowest BCUT2D eigenvalue weighted by Gasteiger charge is -2.34. The van der Waals surface area contributed by atoms with E-state index in [4.69, 9.17) is 0 Å². The van der Waals surface area contributed by atoms with E-state index < -0.39 is 0 Å². The Morgan fingerprint density at radius 1 is 1.11 bits per heavy atom. The third-order valence-corrected chi connectivity index (χ3v) is 4.72. The third-order valence-electron chi connectivity index (χ3n) is 4.72. The van der Waals surface area contributed by atoms with Crippen molar-refractivity contribution >= 4 is 5.78 Å². The van der Waals surface area contributed by atoms with Crippen molar-refractivity contribution in [3.05, 3.63) is 35.9 Å². The van der Waals surface area contributed by atoms with Gasteiger partial charge in [-0.1, -0.05) is 30.3 Å². The van der Waals surface area contributed by atoms with Crippen LogP contribution >= 0.6 is 0 Å². The maximum absolute atomic E-state index is 12.1. The predicted molar refractivity (Wildman–Crippen MR) is 77.1 cm³/mol. The molecule has 2 nitrogen and oxygen atoms in total. The van der Waals surface area contributed by atoms with Crippen LogP contribution in [-0.2, 0) is 11.2 Å². The molecule has 1 aliphatic heterocycles. The molecule has 1 saturated heterocycles. The summed E-state index contributed by atoms with van der Waals surface area (Å²) in [6, 6.07) is 11.1. The van der Waals surface area contributed by atoms with Gasteiger partial charge >= 0.3 is 0 Å². The molecule has 0 radical (unpaired) electrons. The van der Waals surface area contributed by atoms with Gasteiger partial charge in [0.05, 0.1) is 0 Å². The SMILES string of the molecule is O=C1CCC(N2CCCC2)CC1Cc1ccccc1. The second-order valence-electron chi connectivity index (χ2n) is 6.02. The van der Waals surface area contributed by atoms with Crippen LogP contribution in [0.15, 0.2) is 30.3 Å². The summed E-state index contributed by atoms with van der Waals surface area (Å²) in [5.74, 6) is 0.737. The van der Waals surface area contributed by atoms with Crippen LogP contribution in [0.5, 0.6) is 0 Å². The van der Waals surface area contributed by atoms with Gasteiger partial charge in [-0.2, -0.15) is 0 Å². The molecule has 0 N–H and O–H groups in total. The Bertz CT molecular complexity index is 422. The van der Waals surface area contributed by atoms with Gasteiger partial charge in [0.1, 0.15) is 5.78 Å². The molecule has 102 valence electrons. The number of carbonyl (C=O) groups excluding carboxylic acids is 1. The number of ketones is 1. The van der Waals surface area contributed by atoms with Crippen molar-refractivity contribution in [1.29, 1.82) is 0 Å². The van der Waals surface area contributed by atoms with Crippen molar-refractivity contribution in [2.45, 2.75) is 44.6 Å². The second-order valence-corrected chi connectivity index (χ2v) is 6.02. The number of nitrogens with zero attached hydrogens (tertiary/aromatic N) is 1. The third kappa shape index (κ3) is 3.06. The van der Waals surface area contributed by atoms with Crippen molar-refractivity contribution in [2.24, 2.45) is 5.92 Å². The van der Waals surface area contributed by atoms with Gasteiger partial charge in [-0.3, -0.25) is 4.79 Å². The molecule has 19 heavy (non-hydrogen) atoms. The molecule has 3 rings (SSSR count). The minimum Gasteiger partial charge on any atom is -0.300 e. The van der Waals surface area contributed by atoms with E-state index in [9.17, 15) is 4.79 Å². The molecule has 0 amide bonds. The molecule has 1 heterocycles. The van der Waals surface area contributed by atoms with Crippen LogP contribution in [-0.4, -0.2) is 29.8 Å². The van der Waals surface area contributed by atoms with E-state index >= 15 is 0 Å². The van der Waals surface area contributed by atoms with E-state index in [0.717, 1.165) is 25.7 Å². The summed E-state index contributed by atoms with van der Waals surface area (Å²) in [5.41, 5.74) is 1.31. The smallest absolute Gasteiger partial charge is 0.136 e. The number of hydrogen-bond acceptors (Lipinski definition) is 2. The number of benzene rings is 1. The van der Waals surface area contributed by atoms with E-state index in [1.807, 2.05) is 6.07 Å². The number of carbonyl (C=O) groups is 1. The van der Waals surface area contributed by atoms with Crippen LogP contribution in [0.1, 0.15) is 37.7 Å². The summed E-state index contributed by atoms with van der Waals surface area (Å²) < 4.78 is 0. The fraction of sp³-hybridized carbons (Fsp3) is 0.588.